The van der Waals surface area contributed by atoms with Crippen molar-refractivity contribution in [1.82, 2.24) is 9.47 Å². The zero-order valence-corrected chi connectivity index (χ0v) is 14.2. The number of benzene rings is 2. The van der Waals surface area contributed by atoms with Crippen molar-refractivity contribution < 1.29 is 19.4 Å². The Morgan fingerprint density at radius 3 is 2.54 bits per heavy atom. The largest absolute Gasteiger partial charge is 0.508 e. The molecule has 1 amide bonds. The van der Waals surface area contributed by atoms with E-state index in [0.717, 1.165) is 0 Å². The predicted molar refractivity (Wildman–Crippen MR) is 97.5 cm³/mol. The molecule has 0 bridgehead atoms. The fourth-order valence-corrected chi connectivity index (χ4v) is 3.11. The van der Waals surface area contributed by atoms with Crippen LogP contribution in [0.2, 0.25) is 0 Å². The molecule has 0 saturated carbocycles. The molecule has 0 aliphatic rings. The summed E-state index contributed by atoms with van der Waals surface area (Å²) in [6.45, 7) is -0.125. The van der Waals surface area contributed by atoms with Crippen LogP contribution in [0.5, 0.6) is 11.6 Å². The highest BCUT2D eigenvalue weighted by molar-refractivity contribution is 6.18. The van der Waals surface area contributed by atoms with Crippen LogP contribution in [0, 0.1) is 0 Å². The quantitative estimate of drug-likeness (QED) is 0.427. The van der Waals surface area contributed by atoms with Crippen LogP contribution < -0.4 is 5.43 Å². The van der Waals surface area contributed by atoms with E-state index in [1.54, 1.807) is 32.4 Å². The lowest BCUT2D eigenvalue weighted by Crippen LogP contribution is -2.26. The van der Waals surface area contributed by atoms with Gasteiger partial charge in [0.1, 0.15) is 23.5 Å². The molecule has 2 aromatic heterocycles. The first kappa shape index (κ1) is 16.0. The number of hydrogen-bond donors (Lipinski definition) is 2. The summed E-state index contributed by atoms with van der Waals surface area (Å²) in [6, 6.07) is 7.54. The molecule has 0 spiro atoms. The average molecular weight is 352 g/mol. The molecule has 132 valence electrons. The van der Waals surface area contributed by atoms with Crippen LogP contribution in [-0.4, -0.2) is 39.7 Å². The molecule has 0 unspecified atom stereocenters. The van der Waals surface area contributed by atoms with Gasteiger partial charge in [0.25, 0.3) is 0 Å². The van der Waals surface area contributed by atoms with Gasteiger partial charge in [0, 0.05) is 36.5 Å². The zero-order chi connectivity index (χ0) is 18.6. The van der Waals surface area contributed by atoms with Gasteiger partial charge in [-0.05, 0) is 30.3 Å². The van der Waals surface area contributed by atoms with E-state index in [1.807, 2.05) is 0 Å². The third-order valence-electron chi connectivity index (χ3n) is 4.46. The smallest absolute Gasteiger partial charge is 0.242 e. The minimum atomic E-state index is -0.374. The van der Waals surface area contributed by atoms with Crippen molar-refractivity contribution in [2.75, 3.05) is 14.1 Å². The summed E-state index contributed by atoms with van der Waals surface area (Å²) < 4.78 is 7.17. The Bertz CT molecular complexity index is 1250. The fourth-order valence-electron chi connectivity index (χ4n) is 3.11. The molecule has 0 fully saturated rings. The Morgan fingerprint density at radius 1 is 1.08 bits per heavy atom. The first-order valence-electron chi connectivity index (χ1n) is 7.97. The van der Waals surface area contributed by atoms with Crippen LogP contribution in [-0.2, 0) is 11.3 Å². The number of aromatic hydroxyl groups is 2. The second kappa shape index (κ2) is 5.52. The van der Waals surface area contributed by atoms with Gasteiger partial charge in [0.05, 0.1) is 5.39 Å². The molecule has 0 radical (unpaired) electrons. The number of phenols is 1. The maximum atomic E-state index is 12.4. The minimum Gasteiger partial charge on any atom is -0.508 e. The fraction of sp³-hybridized carbons (Fsp3) is 0.158. The van der Waals surface area contributed by atoms with E-state index in [4.69, 9.17) is 4.42 Å². The molecule has 7 heteroatoms. The number of carbonyl (C=O) groups is 1. The number of aromatic nitrogens is 1. The average Bonchev–Trinajstić information content (AvgIpc) is 2.60. The molecule has 0 aliphatic heterocycles. The molecule has 4 aromatic rings. The summed E-state index contributed by atoms with van der Waals surface area (Å²) in [5.74, 6) is -0.479. The summed E-state index contributed by atoms with van der Waals surface area (Å²) in [4.78, 5) is 25.9. The van der Waals surface area contributed by atoms with E-state index in [-0.39, 0.29) is 34.9 Å². The summed E-state index contributed by atoms with van der Waals surface area (Å²) in [7, 11) is 3.23. The minimum absolute atomic E-state index is 0.0474. The Kier molecular flexibility index (Phi) is 3.40. The maximum Gasteiger partial charge on any atom is 0.242 e. The summed E-state index contributed by atoms with van der Waals surface area (Å²) in [5, 5.41) is 22.2. The zero-order valence-electron chi connectivity index (χ0n) is 14.2. The SMILES string of the molecule is CN(C)C(=O)Cn1cc2c3cc(O)ccc3oc3ccc(=O)c(c1O)c32. The third-order valence-corrected chi connectivity index (χ3v) is 4.46. The van der Waals surface area contributed by atoms with Gasteiger partial charge in [-0.1, -0.05) is 0 Å². The predicted octanol–water partition coefficient (Wildman–Crippen LogP) is 2.40. The van der Waals surface area contributed by atoms with Crippen molar-refractivity contribution in [3.05, 3.63) is 46.8 Å². The second-order valence-electron chi connectivity index (χ2n) is 6.38. The number of nitrogens with zero attached hydrogens (tertiary/aromatic N) is 2. The molecule has 2 aromatic carbocycles. The molecule has 2 heterocycles. The van der Waals surface area contributed by atoms with Crippen molar-refractivity contribution in [3.8, 4) is 11.6 Å². The highest BCUT2D eigenvalue weighted by Crippen LogP contribution is 2.37. The van der Waals surface area contributed by atoms with Crippen molar-refractivity contribution in [2.24, 2.45) is 0 Å². The molecule has 2 N–H and O–H groups in total. The number of hydrogen-bond acceptors (Lipinski definition) is 5. The normalized spacial score (nSPS) is 11.5. The molecular formula is C19H16N2O5. The number of fused-ring (bicyclic) bond motifs is 2. The van der Waals surface area contributed by atoms with Gasteiger partial charge in [0.2, 0.25) is 11.8 Å². The van der Waals surface area contributed by atoms with Crippen LogP contribution in [0.3, 0.4) is 0 Å². The van der Waals surface area contributed by atoms with Gasteiger partial charge >= 0.3 is 0 Å². The monoisotopic (exact) mass is 352 g/mol. The van der Waals surface area contributed by atoms with Gasteiger partial charge in [-0.3, -0.25) is 9.59 Å². The van der Waals surface area contributed by atoms with E-state index in [9.17, 15) is 19.8 Å². The topological polar surface area (TPSA) is 95.9 Å². The molecule has 4 rings (SSSR count). The summed E-state index contributed by atoms with van der Waals surface area (Å²) in [5.41, 5.74) is 0.585. The van der Waals surface area contributed by atoms with Crippen molar-refractivity contribution in [2.45, 2.75) is 6.54 Å². The molecule has 26 heavy (non-hydrogen) atoms. The lowest BCUT2D eigenvalue weighted by atomic mass is 10.0. The second-order valence-corrected chi connectivity index (χ2v) is 6.38. The van der Waals surface area contributed by atoms with Gasteiger partial charge in [-0.2, -0.15) is 0 Å². The number of rotatable bonds is 2. The number of carbonyl (C=O) groups excluding carboxylic acids is 1. The maximum absolute atomic E-state index is 12.4. The lowest BCUT2D eigenvalue weighted by molar-refractivity contribution is -0.129. The highest BCUT2D eigenvalue weighted by Gasteiger charge is 2.19. The first-order valence-corrected chi connectivity index (χ1v) is 7.97. The Morgan fingerprint density at radius 2 is 1.81 bits per heavy atom. The van der Waals surface area contributed by atoms with E-state index in [0.29, 0.717) is 27.3 Å². The number of phenolic OH excluding ortho intramolecular Hbond substituents is 1. The van der Waals surface area contributed by atoms with Crippen molar-refractivity contribution in [1.29, 1.82) is 0 Å². The Balaban J connectivity index is 2.19. The lowest BCUT2D eigenvalue weighted by Gasteiger charge is -2.17. The standard InChI is InChI=1S/C19H16N2O5/c1-20(2)16(24)9-21-8-12-11-7-10(22)3-5-14(11)26-15-6-4-13(23)18(17(12)15)19(21)25/h3-8,22,25H,9H2,1-2H3. The number of pyridine rings is 1. The number of amides is 1. The van der Waals surface area contributed by atoms with Crippen molar-refractivity contribution >= 4 is 38.6 Å². The summed E-state index contributed by atoms with van der Waals surface area (Å²) in [6.07, 6.45) is 1.60. The first-order chi connectivity index (χ1) is 12.4. The number of likely N-dealkylation sites (N-methyl/N-ethyl adjacent to an activating group) is 1. The van der Waals surface area contributed by atoms with Crippen LogP contribution in [0.15, 0.2) is 45.7 Å². The van der Waals surface area contributed by atoms with Gasteiger partial charge in [-0.15, -0.1) is 0 Å². The Hall–Kier alpha value is -3.48. The van der Waals surface area contributed by atoms with E-state index in [2.05, 4.69) is 0 Å². The van der Waals surface area contributed by atoms with Gasteiger partial charge in [0.15, 0.2) is 5.43 Å². The van der Waals surface area contributed by atoms with Crippen LogP contribution in [0.25, 0.3) is 32.7 Å². The summed E-state index contributed by atoms with van der Waals surface area (Å²) >= 11 is 0. The highest BCUT2D eigenvalue weighted by atomic mass is 16.3. The third kappa shape index (κ3) is 2.28. The molecule has 0 atom stereocenters. The molecular weight excluding hydrogens is 336 g/mol. The van der Waals surface area contributed by atoms with Crippen LogP contribution in [0.1, 0.15) is 0 Å². The van der Waals surface area contributed by atoms with E-state index >= 15 is 0 Å². The van der Waals surface area contributed by atoms with Gasteiger partial charge in [-0.25, -0.2) is 0 Å². The van der Waals surface area contributed by atoms with E-state index < -0.39 is 0 Å². The molecule has 0 aliphatic carbocycles. The van der Waals surface area contributed by atoms with Crippen molar-refractivity contribution in [3.63, 3.8) is 0 Å². The van der Waals surface area contributed by atoms with E-state index in [1.165, 1.54) is 27.7 Å². The molecule has 7 nitrogen and oxygen atoms in total. The Labute approximate surface area is 147 Å². The van der Waals surface area contributed by atoms with Crippen LogP contribution in [0.4, 0.5) is 0 Å². The van der Waals surface area contributed by atoms with Crippen LogP contribution >= 0.6 is 0 Å². The van der Waals surface area contributed by atoms with Gasteiger partial charge < -0.3 is 24.1 Å². The molecule has 0 saturated heterocycles.